The predicted octanol–water partition coefficient (Wildman–Crippen LogP) is 1.26. The van der Waals surface area contributed by atoms with E-state index in [-0.39, 0.29) is 23.2 Å². The number of nitrogens with zero attached hydrogens (tertiary/aromatic N) is 1. The van der Waals surface area contributed by atoms with Crippen molar-refractivity contribution in [3.8, 4) is 0 Å². The van der Waals surface area contributed by atoms with Gasteiger partial charge in [-0.05, 0) is 18.4 Å². The van der Waals surface area contributed by atoms with Crippen LogP contribution in [0.15, 0.2) is 24.3 Å². The minimum Gasteiger partial charge on any atom is -0.310 e. The van der Waals surface area contributed by atoms with Crippen LogP contribution in [0.4, 0.5) is 5.69 Å². The Morgan fingerprint density at radius 2 is 1.79 bits per heavy atom. The van der Waals surface area contributed by atoms with Crippen molar-refractivity contribution in [1.82, 2.24) is 5.32 Å². The van der Waals surface area contributed by atoms with Crippen molar-refractivity contribution in [3.05, 3.63) is 39.9 Å². The maximum atomic E-state index is 11.3. The molecule has 7 heteroatoms. The molecule has 0 radical (unpaired) electrons. The van der Waals surface area contributed by atoms with Crippen molar-refractivity contribution >= 4 is 15.5 Å². The highest BCUT2D eigenvalue weighted by molar-refractivity contribution is 7.91. The lowest BCUT2D eigenvalue weighted by Gasteiger charge is -2.23. The molecule has 0 atom stereocenters. The van der Waals surface area contributed by atoms with Crippen molar-refractivity contribution in [2.75, 3.05) is 11.5 Å². The fourth-order valence-electron chi connectivity index (χ4n) is 2.09. The molecule has 0 saturated carbocycles. The largest absolute Gasteiger partial charge is 0.310 e. The third-order valence-corrected chi connectivity index (χ3v) is 5.01. The Bertz CT molecular complexity index is 540. The number of hydrogen-bond donors (Lipinski definition) is 1. The van der Waals surface area contributed by atoms with E-state index in [4.69, 9.17) is 0 Å². The number of hydrogen-bond acceptors (Lipinski definition) is 5. The first-order chi connectivity index (χ1) is 8.96. The summed E-state index contributed by atoms with van der Waals surface area (Å²) in [6.45, 7) is 0.600. The lowest BCUT2D eigenvalue weighted by molar-refractivity contribution is -0.384. The van der Waals surface area contributed by atoms with Crippen LogP contribution in [0.2, 0.25) is 0 Å². The van der Waals surface area contributed by atoms with Gasteiger partial charge in [-0.25, -0.2) is 8.42 Å². The molecular weight excluding hydrogens is 268 g/mol. The summed E-state index contributed by atoms with van der Waals surface area (Å²) < 4.78 is 22.6. The fraction of sp³-hybridized carbons (Fsp3) is 0.500. The van der Waals surface area contributed by atoms with Gasteiger partial charge in [0.15, 0.2) is 0 Å². The molecule has 1 aromatic carbocycles. The van der Waals surface area contributed by atoms with Gasteiger partial charge in [0.2, 0.25) is 0 Å². The van der Waals surface area contributed by atoms with Crippen molar-refractivity contribution in [2.45, 2.75) is 25.4 Å². The summed E-state index contributed by atoms with van der Waals surface area (Å²) in [5.74, 6) is 0.482. The van der Waals surface area contributed by atoms with E-state index in [1.54, 1.807) is 12.1 Å². The van der Waals surface area contributed by atoms with Gasteiger partial charge in [-0.3, -0.25) is 10.1 Å². The molecule has 2 rings (SSSR count). The van der Waals surface area contributed by atoms with Gasteiger partial charge in [-0.2, -0.15) is 0 Å². The average Bonchev–Trinajstić information content (AvgIpc) is 2.38. The van der Waals surface area contributed by atoms with Crippen LogP contribution in [0.1, 0.15) is 18.4 Å². The zero-order chi connectivity index (χ0) is 13.9. The van der Waals surface area contributed by atoms with Crippen molar-refractivity contribution < 1.29 is 13.3 Å². The minimum absolute atomic E-state index is 0.0764. The van der Waals surface area contributed by atoms with Crippen LogP contribution in [-0.2, 0) is 16.4 Å². The lowest BCUT2D eigenvalue weighted by Crippen LogP contribution is -2.37. The van der Waals surface area contributed by atoms with E-state index in [9.17, 15) is 18.5 Å². The number of nitro benzene ring substituents is 1. The Hall–Kier alpha value is -1.47. The molecular formula is C12H16N2O4S. The van der Waals surface area contributed by atoms with Crippen LogP contribution in [0.5, 0.6) is 0 Å². The van der Waals surface area contributed by atoms with Crippen LogP contribution >= 0.6 is 0 Å². The molecule has 1 fully saturated rings. The monoisotopic (exact) mass is 284 g/mol. The molecule has 104 valence electrons. The predicted molar refractivity (Wildman–Crippen MR) is 71.6 cm³/mol. The summed E-state index contributed by atoms with van der Waals surface area (Å²) in [5.41, 5.74) is 1.03. The van der Waals surface area contributed by atoms with Crippen molar-refractivity contribution in [2.24, 2.45) is 0 Å². The van der Waals surface area contributed by atoms with Gasteiger partial charge in [0.05, 0.1) is 16.4 Å². The second-order valence-electron chi connectivity index (χ2n) is 4.73. The van der Waals surface area contributed by atoms with Crippen LogP contribution in [0.3, 0.4) is 0 Å². The smallest absolute Gasteiger partial charge is 0.269 e. The summed E-state index contributed by atoms with van der Waals surface area (Å²) in [6.07, 6.45) is 1.27. The average molecular weight is 284 g/mol. The molecule has 1 heterocycles. The maximum absolute atomic E-state index is 11.3. The second kappa shape index (κ2) is 5.66. The summed E-state index contributed by atoms with van der Waals surface area (Å²) in [7, 11) is -2.83. The number of nitro groups is 1. The molecule has 0 aliphatic carbocycles. The number of non-ortho nitro benzene ring substituents is 1. The Kier molecular flexibility index (Phi) is 4.16. The highest BCUT2D eigenvalue weighted by Crippen LogP contribution is 2.14. The van der Waals surface area contributed by atoms with E-state index in [0.29, 0.717) is 19.4 Å². The van der Waals surface area contributed by atoms with E-state index in [0.717, 1.165) is 5.56 Å². The highest BCUT2D eigenvalue weighted by atomic mass is 32.2. The van der Waals surface area contributed by atoms with Crippen molar-refractivity contribution in [3.63, 3.8) is 0 Å². The molecule has 0 aromatic heterocycles. The molecule has 0 unspecified atom stereocenters. The van der Waals surface area contributed by atoms with E-state index in [1.807, 2.05) is 0 Å². The summed E-state index contributed by atoms with van der Waals surface area (Å²) in [4.78, 5) is 10.1. The SMILES string of the molecule is O=[N+]([O-])c1ccc(CNC2CCS(=O)(=O)CC2)cc1. The Labute approximate surface area is 111 Å². The molecule has 1 N–H and O–H groups in total. The summed E-state index contributed by atoms with van der Waals surface area (Å²) >= 11 is 0. The Morgan fingerprint density at radius 3 is 2.32 bits per heavy atom. The molecule has 1 aromatic rings. The van der Waals surface area contributed by atoms with Gasteiger partial charge in [0, 0.05) is 24.7 Å². The van der Waals surface area contributed by atoms with Gasteiger partial charge >= 0.3 is 0 Å². The topological polar surface area (TPSA) is 89.3 Å². The van der Waals surface area contributed by atoms with Crippen LogP contribution in [-0.4, -0.2) is 30.9 Å². The first-order valence-electron chi connectivity index (χ1n) is 6.13. The van der Waals surface area contributed by atoms with E-state index in [2.05, 4.69) is 5.32 Å². The first-order valence-corrected chi connectivity index (χ1v) is 7.95. The number of rotatable bonds is 4. The zero-order valence-corrected chi connectivity index (χ0v) is 11.2. The number of benzene rings is 1. The van der Waals surface area contributed by atoms with Crippen LogP contribution in [0, 0.1) is 10.1 Å². The quantitative estimate of drug-likeness (QED) is 0.664. The number of sulfone groups is 1. The van der Waals surface area contributed by atoms with Gasteiger partial charge in [0.25, 0.3) is 5.69 Å². The Balaban J connectivity index is 1.84. The molecule has 1 saturated heterocycles. The fourth-order valence-corrected chi connectivity index (χ4v) is 3.58. The molecule has 1 aliphatic rings. The third kappa shape index (κ3) is 4.00. The Morgan fingerprint density at radius 1 is 1.21 bits per heavy atom. The first kappa shape index (κ1) is 14.0. The van der Waals surface area contributed by atoms with E-state index < -0.39 is 14.8 Å². The van der Waals surface area contributed by atoms with E-state index in [1.165, 1.54) is 12.1 Å². The second-order valence-corrected chi connectivity index (χ2v) is 7.03. The van der Waals surface area contributed by atoms with Gasteiger partial charge in [-0.1, -0.05) is 12.1 Å². The molecule has 0 bridgehead atoms. The zero-order valence-electron chi connectivity index (χ0n) is 10.4. The molecule has 1 aliphatic heterocycles. The summed E-state index contributed by atoms with van der Waals surface area (Å²) in [5, 5.41) is 13.8. The van der Waals surface area contributed by atoms with Crippen LogP contribution < -0.4 is 5.32 Å². The van der Waals surface area contributed by atoms with Crippen LogP contribution in [0.25, 0.3) is 0 Å². The maximum Gasteiger partial charge on any atom is 0.269 e. The van der Waals surface area contributed by atoms with E-state index >= 15 is 0 Å². The standard InChI is InChI=1S/C12H16N2O4S/c15-14(16)12-3-1-10(2-4-12)9-13-11-5-7-19(17,18)8-6-11/h1-4,11,13H,5-9H2. The molecule has 0 spiro atoms. The minimum atomic E-state index is -2.83. The molecule has 19 heavy (non-hydrogen) atoms. The number of nitrogens with one attached hydrogen (secondary N) is 1. The van der Waals surface area contributed by atoms with Gasteiger partial charge in [-0.15, -0.1) is 0 Å². The highest BCUT2D eigenvalue weighted by Gasteiger charge is 2.22. The lowest BCUT2D eigenvalue weighted by atomic mass is 10.1. The third-order valence-electron chi connectivity index (χ3n) is 3.30. The molecule has 6 nitrogen and oxygen atoms in total. The van der Waals surface area contributed by atoms with Gasteiger partial charge < -0.3 is 5.32 Å². The summed E-state index contributed by atoms with van der Waals surface area (Å²) in [6, 6.07) is 6.58. The normalized spacial score (nSPS) is 19.2. The molecule has 0 amide bonds. The van der Waals surface area contributed by atoms with Gasteiger partial charge in [0.1, 0.15) is 9.84 Å². The van der Waals surface area contributed by atoms with Crippen molar-refractivity contribution in [1.29, 1.82) is 0 Å².